The average molecular weight is 406 g/mol. The molecule has 0 radical (unpaired) electrons. The molecule has 0 atom stereocenters. The minimum atomic E-state index is -0.549. The standard InChI is InChI=1S/C22H15FN2O5/c23-17-7-4-15(5-8-17)21(26)25-24-12-14-2-1-3-18(10-14)30-22(27)16-6-9-19-20(11-16)29-13-28-19/h1-12H,13H2,(H,25,26)/b24-12+. The normalized spacial score (nSPS) is 12.0. The highest BCUT2D eigenvalue weighted by Gasteiger charge is 2.17. The Labute approximate surface area is 170 Å². The molecule has 1 aliphatic rings. The first-order valence-corrected chi connectivity index (χ1v) is 8.89. The van der Waals surface area contributed by atoms with Crippen LogP contribution in [0, 0.1) is 5.82 Å². The van der Waals surface area contributed by atoms with Crippen LogP contribution in [0.25, 0.3) is 0 Å². The van der Waals surface area contributed by atoms with E-state index in [0.717, 1.165) is 0 Å². The summed E-state index contributed by atoms with van der Waals surface area (Å²) in [5.74, 6) is -0.0769. The number of ether oxygens (including phenoxy) is 3. The molecular formula is C22H15FN2O5. The molecule has 0 bridgehead atoms. The first-order chi connectivity index (χ1) is 14.6. The van der Waals surface area contributed by atoms with Crippen LogP contribution in [0.2, 0.25) is 0 Å². The number of hydrogen-bond donors (Lipinski definition) is 1. The summed E-state index contributed by atoms with van der Waals surface area (Å²) in [5, 5.41) is 3.87. The highest BCUT2D eigenvalue weighted by Crippen LogP contribution is 2.32. The molecule has 0 saturated carbocycles. The molecule has 1 heterocycles. The van der Waals surface area contributed by atoms with E-state index in [1.165, 1.54) is 30.5 Å². The second-order valence-corrected chi connectivity index (χ2v) is 6.24. The minimum Gasteiger partial charge on any atom is -0.454 e. The van der Waals surface area contributed by atoms with Gasteiger partial charge in [0.05, 0.1) is 11.8 Å². The monoisotopic (exact) mass is 406 g/mol. The van der Waals surface area contributed by atoms with Crippen LogP contribution in [0.3, 0.4) is 0 Å². The number of benzene rings is 3. The fraction of sp³-hybridized carbons (Fsp3) is 0.0455. The summed E-state index contributed by atoms with van der Waals surface area (Å²) in [6, 6.07) is 16.5. The Hall–Kier alpha value is -4.20. The van der Waals surface area contributed by atoms with Crippen molar-refractivity contribution >= 4 is 18.1 Å². The fourth-order valence-corrected chi connectivity index (χ4v) is 2.68. The van der Waals surface area contributed by atoms with Gasteiger partial charge in [-0.3, -0.25) is 4.79 Å². The van der Waals surface area contributed by atoms with Crippen molar-refractivity contribution in [3.63, 3.8) is 0 Å². The van der Waals surface area contributed by atoms with Gasteiger partial charge >= 0.3 is 5.97 Å². The summed E-state index contributed by atoms with van der Waals surface area (Å²) in [6.45, 7) is 0.118. The van der Waals surface area contributed by atoms with Gasteiger partial charge in [-0.2, -0.15) is 5.10 Å². The average Bonchev–Trinajstić information content (AvgIpc) is 3.22. The Morgan fingerprint density at radius 2 is 1.73 bits per heavy atom. The van der Waals surface area contributed by atoms with Crippen LogP contribution in [0.5, 0.6) is 17.2 Å². The largest absolute Gasteiger partial charge is 0.454 e. The third kappa shape index (κ3) is 4.44. The van der Waals surface area contributed by atoms with Crippen molar-refractivity contribution < 1.29 is 28.2 Å². The lowest BCUT2D eigenvalue weighted by Crippen LogP contribution is -2.17. The van der Waals surface area contributed by atoms with Gasteiger partial charge in [-0.15, -0.1) is 0 Å². The second-order valence-electron chi connectivity index (χ2n) is 6.24. The SMILES string of the molecule is O=C(N/N=C/c1cccc(OC(=O)c2ccc3c(c2)OCO3)c1)c1ccc(F)cc1. The molecule has 7 nitrogen and oxygen atoms in total. The summed E-state index contributed by atoms with van der Waals surface area (Å²) in [6.07, 6.45) is 1.40. The van der Waals surface area contributed by atoms with Gasteiger partial charge < -0.3 is 14.2 Å². The highest BCUT2D eigenvalue weighted by molar-refractivity contribution is 5.95. The third-order valence-corrected chi connectivity index (χ3v) is 4.16. The van der Waals surface area contributed by atoms with Crippen molar-refractivity contribution in [2.24, 2.45) is 5.10 Å². The number of esters is 1. The topological polar surface area (TPSA) is 86.2 Å². The Morgan fingerprint density at radius 1 is 0.967 bits per heavy atom. The van der Waals surface area contributed by atoms with Gasteiger partial charge in [-0.25, -0.2) is 14.6 Å². The summed E-state index contributed by atoms with van der Waals surface area (Å²) in [4.78, 5) is 24.3. The lowest BCUT2D eigenvalue weighted by molar-refractivity contribution is 0.0734. The van der Waals surface area contributed by atoms with Crippen LogP contribution < -0.4 is 19.6 Å². The summed E-state index contributed by atoms with van der Waals surface area (Å²) < 4.78 is 28.8. The van der Waals surface area contributed by atoms with E-state index in [9.17, 15) is 14.0 Å². The molecular weight excluding hydrogens is 391 g/mol. The Balaban J connectivity index is 1.38. The molecule has 0 spiro atoms. The number of hydrazone groups is 1. The number of amides is 1. The van der Waals surface area contributed by atoms with Crippen molar-refractivity contribution in [1.29, 1.82) is 0 Å². The maximum absolute atomic E-state index is 12.9. The zero-order chi connectivity index (χ0) is 20.9. The zero-order valence-corrected chi connectivity index (χ0v) is 15.5. The maximum Gasteiger partial charge on any atom is 0.343 e. The molecule has 3 aromatic carbocycles. The zero-order valence-electron chi connectivity index (χ0n) is 15.5. The molecule has 1 N–H and O–H groups in total. The molecule has 0 unspecified atom stereocenters. The van der Waals surface area contributed by atoms with E-state index in [1.807, 2.05) is 0 Å². The van der Waals surface area contributed by atoms with Gasteiger partial charge in [0.25, 0.3) is 5.91 Å². The van der Waals surface area contributed by atoms with Gasteiger partial charge in [0.1, 0.15) is 11.6 Å². The van der Waals surface area contributed by atoms with Gasteiger partial charge in [0.2, 0.25) is 6.79 Å². The molecule has 3 aromatic rings. The molecule has 0 saturated heterocycles. The predicted octanol–water partition coefficient (Wildman–Crippen LogP) is 3.54. The quantitative estimate of drug-likeness (QED) is 0.303. The van der Waals surface area contributed by atoms with Crippen LogP contribution in [-0.4, -0.2) is 24.9 Å². The van der Waals surface area contributed by atoms with E-state index in [-0.39, 0.29) is 12.4 Å². The summed E-state index contributed by atoms with van der Waals surface area (Å²) in [5.41, 5.74) is 3.56. The summed E-state index contributed by atoms with van der Waals surface area (Å²) in [7, 11) is 0. The van der Waals surface area contributed by atoms with E-state index in [1.54, 1.807) is 42.5 Å². The van der Waals surface area contributed by atoms with Gasteiger partial charge in [-0.05, 0) is 60.2 Å². The van der Waals surface area contributed by atoms with E-state index < -0.39 is 17.7 Å². The van der Waals surface area contributed by atoms with E-state index >= 15 is 0 Å². The van der Waals surface area contributed by atoms with Crippen molar-refractivity contribution in [2.75, 3.05) is 6.79 Å². The Kier molecular flexibility index (Phi) is 5.38. The predicted molar refractivity (Wildman–Crippen MR) is 105 cm³/mol. The smallest absolute Gasteiger partial charge is 0.343 e. The molecule has 8 heteroatoms. The van der Waals surface area contributed by atoms with Crippen molar-refractivity contribution in [1.82, 2.24) is 5.43 Å². The maximum atomic E-state index is 12.9. The lowest BCUT2D eigenvalue weighted by Gasteiger charge is -2.06. The van der Waals surface area contributed by atoms with Gasteiger partial charge in [0, 0.05) is 5.56 Å². The van der Waals surface area contributed by atoms with Crippen LogP contribution in [0.15, 0.2) is 71.8 Å². The fourth-order valence-electron chi connectivity index (χ4n) is 2.68. The first kappa shape index (κ1) is 19.1. The van der Waals surface area contributed by atoms with Gasteiger partial charge in [-0.1, -0.05) is 12.1 Å². The number of halogens is 1. The van der Waals surface area contributed by atoms with Crippen LogP contribution in [0.4, 0.5) is 4.39 Å². The molecule has 0 fully saturated rings. The van der Waals surface area contributed by atoms with E-state index in [2.05, 4.69) is 10.5 Å². The van der Waals surface area contributed by atoms with Crippen LogP contribution in [0.1, 0.15) is 26.3 Å². The lowest BCUT2D eigenvalue weighted by atomic mass is 10.2. The number of carbonyl (C=O) groups excluding carboxylic acids is 2. The van der Waals surface area contributed by atoms with Crippen molar-refractivity contribution in [2.45, 2.75) is 0 Å². The molecule has 4 rings (SSSR count). The van der Waals surface area contributed by atoms with E-state index in [0.29, 0.717) is 28.4 Å². The van der Waals surface area contributed by atoms with Crippen LogP contribution in [-0.2, 0) is 0 Å². The number of hydrogen-bond acceptors (Lipinski definition) is 6. The van der Waals surface area contributed by atoms with Crippen molar-refractivity contribution in [3.05, 3.63) is 89.2 Å². The summed E-state index contributed by atoms with van der Waals surface area (Å²) >= 11 is 0. The second kappa shape index (κ2) is 8.44. The molecule has 0 aromatic heterocycles. The minimum absolute atomic E-state index is 0.118. The third-order valence-electron chi connectivity index (χ3n) is 4.16. The molecule has 0 aliphatic carbocycles. The number of carbonyl (C=O) groups is 2. The molecule has 150 valence electrons. The number of fused-ring (bicyclic) bond motifs is 1. The molecule has 1 amide bonds. The van der Waals surface area contributed by atoms with E-state index in [4.69, 9.17) is 14.2 Å². The Bertz CT molecular complexity index is 1130. The highest BCUT2D eigenvalue weighted by atomic mass is 19.1. The number of rotatable bonds is 5. The first-order valence-electron chi connectivity index (χ1n) is 8.89. The number of nitrogens with one attached hydrogen (secondary N) is 1. The molecule has 30 heavy (non-hydrogen) atoms. The number of nitrogens with zero attached hydrogens (tertiary/aromatic N) is 1. The van der Waals surface area contributed by atoms with Crippen LogP contribution >= 0.6 is 0 Å². The van der Waals surface area contributed by atoms with Crippen molar-refractivity contribution in [3.8, 4) is 17.2 Å². The van der Waals surface area contributed by atoms with Gasteiger partial charge in [0.15, 0.2) is 11.5 Å². The Morgan fingerprint density at radius 3 is 2.57 bits per heavy atom. The molecule has 1 aliphatic heterocycles.